The fraction of sp³-hybridized carbons (Fsp3) is 0.545. The van der Waals surface area contributed by atoms with E-state index >= 15 is 0 Å². The predicted molar refractivity (Wildman–Crippen MR) is 63.7 cm³/mol. The van der Waals surface area contributed by atoms with Gasteiger partial charge in [-0.3, -0.25) is 4.79 Å². The summed E-state index contributed by atoms with van der Waals surface area (Å²) in [5, 5.41) is 2.40. The zero-order chi connectivity index (χ0) is 10.9. The minimum Gasteiger partial charge on any atom is -0.325 e. The molecule has 0 aliphatic heterocycles. The predicted octanol–water partition coefficient (Wildman–Crippen LogP) is 3.25. The maximum absolute atomic E-state index is 11.9. The molecule has 1 aliphatic rings. The maximum Gasteiger partial charge on any atom is 0.176 e. The molecule has 1 saturated carbocycles. The zero-order valence-electron chi connectivity index (χ0n) is 8.46. The molecular formula is C11H14ClNOS. The second-order valence-corrected chi connectivity index (χ2v) is 5.59. The maximum atomic E-state index is 11.9. The number of ketones is 1. The van der Waals surface area contributed by atoms with Gasteiger partial charge < -0.3 is 5.73 Å². The Bertz CT molecular complexity index is 368. The quantitative estimate of drug-likeness (QED) is 0.829. The topological polar surface area (TPSA) is 43.1 Å². The van der Waals surface area contributed by atoms with Gasteiger partial charge in [0.15, 0.2) is 5.78 Å². The van der Waals surface area contributed by atoms with E-state index in [1.165, 1.54) is 11.3 Å². The molecule has 15 heavy (non-hydrogen) atoms. The number of nitrogens with two attached hydrogens (primary N) is 1. The Morgan fingerprint density at radius 2 is 2.20 bits per heavy atom. The number of hydrogen-bond acceptors (Lipinski definition) is 3. The second kappa shape index (κ2) is 4.24. The lowest BCUT2D eigenvalue weighted by Gasteiger charge is -2.21. The van der Waals surface area contributed by atoms with Crippen LogP contribution in [0.15, 0.2) is 11.4 Å². The summed E-state index contributed by atoms with van der Waals surface area (Å²) in [6, 6.07) is 1.76. The molecule has 1 aromatic rings. The number of halogens is 1. The molecule has 0 aromatic carbocycles. The van der Waals surface area contributed by atoms with Crippen LogP contribution in [0.5, 0.6) is 0 Å². The molecule has 2 N–H and O–H groups in total. The summed E-state index contributed by atoms with van der Waals surface area (Å²) in [5.41, 5.74) is 5.88. The van der Waals surface area contributed by atoms with E-state index in [0.29, 0.717) is 16.3 Å². The van der Waals surface area contributed by atoms with Crippen molar-refractivity contribution >= 4 is 28.7 Å². The Kier molecular flexibility index (Phi) is 3.14. The fourth-order valence-corrected chi connectivity index (χ4v) is 3.25. The lowest BCUT2D eigenvalue weighted by molar-refractivity contribution is 0.0956. The highest BCUT2D eigenvalue weighted by Crippen LogP contribution is 2.33. The molecule has 2 nitrogen and oxygen atoms in total. The largest absolute Gasteiger partial charge is 0.325 e. The number of thiophene rings is 1. The van der Waals surface area contributed by atoms with Gasteiger partial charge in [-0.1, -0.05) is 24.4 Å². The highest BCUT2D eigenvalue weighted by atomic mass is 35.5. The molecule has 4 heteroatoms. The fourth-order valence-electron chi connectivity index (χ4n) is 2.15. The first-order chi connectivity index (χ1) is 7.11. The first-order valence-corrected chi connectivity index (χ1v) is 6.42. The van der Waals surface area contributed by atoms with E-state index in [9.17, 15) is 4.79 Å². The minimum absolute atomic E-state index is 0.0967. The Morgan fingerprint density at radius 1 is 1.53 bits per heavy atom. The van der Waals surface area contributed by atoms with Gasteiger partial charge in [-0.25, -0.2) is 0 Å². The van der Waals surface area contributed by atoms with E-state index < -0.39 is 0 Å². The third kappa shape index (κ3) is 2.41. The first-order valence-electron chi connectivity index (χ1n) is 5.16. The molecule has 0 saturated heterocycles. The van der Waals surface area contributed by atoms with Gasteiger partial charge in [0.2, 0.25) is 0 Å². The third-order valence-corrected chi connectivity index (χ3v) is 4.36. The van der Waals surface area contributed by atoms with Crippen molar-refractivity contribution in [2.24, 2.45) is 5.73 Å². The first kappa shape index (κ1) is 11.1. The van der Waals surface area contributed by atoms with Gasteiger partial charge in [-0.2, -0.15) is 0 Å². The molecule has 82 valence electrons. The van der Waals surface area contributed by atoms with Crippen LogP contribution in [0.2, 0.25) is 5.02 Å². The molecule has 1 fully saturated rings. The Hall–Kier alpha value is -0.380. The highest BCUT2D eigenvalue weighted by molar-refractivity contribution is 7.12. The van der Waals surface area contributed by atoms with Crippen LogP contribution >= 0.6 is 22.9 Å². The minimum atomic E-state index is -0.273. The van der Waals surface area contributed by atoms with Crippen molar-refractivity contribution in [2.75, 3.05) is 0 Å². The van der Waals surface area contributed by atoms with Crippen LogP contribution in [0.25, 0.3) is 0 Å². The van der Waals surface area contributed by atoms with Crippen molar-refractivity contribution in [1.82, 2.24) is 0 Å². The molecule has 0 atom stereocenters. The number of carbonyl (C=O) groups is 1. The molecule has 0 amide bonds. The molecule has 1 aliphatic carbocycles. The lowest BCUT2D eigenvalue weighted by atomic mass is 9.92. The average molecular weight is 244 g/mol. The Labute approximate surface area is 98.4 Å². The molecule has 2 rings (SSSR count). The van der Waals surface area contributed by atoms with Gasteiger partial charge >= 0.3 is 0 Å². The summed E-state index contributed by atoms with van der Waals surface area (Å²) in [4.78, 5) is 12.6. The van der Waals surface area contributed by atoms with Crippen molar-refractivity contribution in [3.8, 4) is 0 Å². The molecular weight excluding hydrogens is 230 g/mol. The van der Waals surface area contributed by atoms with Gasteiger partial charge in [0.05, 0.1) is 9.90 Å². The standard InChI is InChI=1S/C11H14ClNOS/c12-8-3-6-15-10(8)9(14)7-11(13)4-1-2-5-11/h3,6H,1-2,4-5,7,13H2. The van der Waals surface area contributed by atoms with E-state index in [-0.39, 0.29) is 11.3 Å². The van der Waals surface area contributed by atoms with Crippen molar-refractivity contribution in [2.45, 2.75) is 37.6 Å². The SMILES string of the molecule is NC1(CC(=O)c2sccc2Cl)CCCC1. The lowest BCUT2D eigenvalue weighted by Crippen LogP contribution is -2.38. The summed E-state index contributed by atoms with van der Waals surface area (Å²) in [6.07, 6.45) is 4.64. The highest BCUT2D eigenvalue weighted by Gasteiger charge is 2.32. The normalized spacial score (nSPS) is 19.3. The van der Waals surface area contributed by atoms with Crippen molar-refractivity contribution in [3.05, 3.63) is 21.3 Å². The molecule has 0 unspecified atom stereocenters. The van der Waals surface area contributed by atoms with Crippen molar-refractivity contribution in [3.63, 3.8) is 0 Å². The Balaban J connectivity index is 2.07. The van der Waals surface area contributed by atoms with Crippen LogP contribution in [0.1, 0.15) is 41.8 Å². The molecule has 0 radical (unpaired) electrons. The van der Waals surface area contributed by atoms with E-state index in [2.05, 4.69) is 0 Å². The number of Topliss-reactive ketones (excluding diaryl/α,β-unsaturated/α-hetero) is 1. The smallest absolute Gasteiger partial charge is 0.176 e. The van der Waals surface area contributed by atoms with Crippen LogP contribution in [0.3, 0.4) is 0 Å². The summed E-state index contributed by atoms with van der Waals surface area (Å²) in [6.45, 7) is 0. The monoisotopic (exact) mass is 243 g/mol. The van der Waals surface area contributed by atoms with Crippen LogP contribution in [-0.2, 0) is 0 Å². The van der Waals surface area contributed by atoms with Crippen LogP contribution in [-0.4, -0.2) is 11.3 Å². The molecule has 1 aromatic heterocycles. The number of carbonyl (C=O) groups excluding carboxylic acids is 1. The van der Waals surface area contributed by atoms with Gasteiger partial charge in [0.25, 0.3) is 0 Å². The average Bonchev–Trinajstić information content (AvgIpc) is 2.74. The van der Waals surface area contributed by atoms with E-state index in [1.807, 2.05) is 5.38 Å². The van der Waals surface area contributed by atoms with Gasteiger partial charge in [-0.05, 0) is 24.3 Å². The van der Waals surface area contributed by atoms with Crippen LogP contribution in [0.4, 0.5) is 0 Å². The van der Waals surface area contributed by atoms with Crippen molar-refractivity contribution < 1.29 is 4.79 Å². The van der Waals surface area contributed by atoms with Crippen LogP contribution < -0.4 is 5.73 Å². The third-order valence-electron chi connectivity index (χ3n) is 2.98. The van der Waals surface area contributed by atoms with Gasteiger partial charge in [0, 0.05) is 12.0 Å². The molecule has 0 spiro atoms. The van der Waals surface area contributed by atoms with Crippen LogP contribution in [0, 0.1) is 0 Å². The molecule has 0 bridgehead atoms. The van der Waals surface area contributed by atoms with Crippen molar-refractivity contribution in [1.29, 1.82) is 0 Å². The van der Waals surface area contributed by atoms with Gasteiger partial charge in [0.1, 0.15) is 0 Å². The number of rotatable bonds is 3. The van der Waals surface area contributed by atoms with E-state index in [1.54, 1.807) is 6.07 Å². The summed E-state index contributed by atoms with van der Waals surface area (Å²) >= 11 is 7.32. The second-order valence-electron chi connectivity index (χ2n) is 4.27. The van der Waals surface area contributed by atoms with E-state index in [4.69, 9.17) is 17.3 Å². The summed E-state index contributed by atoms with van der Waals surface area (Å²) in [5.74, 6) is 0.0967. The Morgan fingerprint density at radius 3 is 2.73 bits per heavy atom. The summed E-state index contributed by atoms with van der Waals surface area (Å²) in [7, 11) is 0. The number of hydrogen-bond donors (Lipinski definition) is 1. The van der Waals surface area contributed by atoms with E-state index in [0.717, 1.165) is 25.7 Å². The zero-order valence-corrected chi connectivity index (χ0v) is 10.0. The molecule has 1 heterocycles. The summed E-state index contributed by atoms with van der Waals surface area (Å²) < 4.78 is 0. The van der Waals surface area contributed by atoms with Gasteiger partial charge in [-0.15, -0.1) is 11.3 Å².